The van der Waals surface area contributed by atoms with Crippen molar-refractivity contribution >= 4 is 11.7 Å². The van der Waals surface area contributed by atoms with E-state index in [9.17, 15) is 9.90 Å². The minimum Gasteiger partial charge on any atom is -0.383 e. The molecule has 2 aliphatic rings. The summed E-state index contributed by atoms with van der Waals surface area (Å²) in [6.45, 7) is 8.19. The molecule has 0 bridgehead atoms. The maximum Gasteiger partial charge on any atom is 0.228 e. The van der Waals surface area contributed by atoms with E-state index in [4.69, 9.17) is 0 Å². The van der Waals surface area contributed by atoms with Crippen molar-refractivity contribution < 1.29 is 9.90 Å². The second-order valence-electron chi connectivity index (χ2n) is 10.0. The molecule has 1 N–H and O–H groups in total. The van der Waals surface area contributed by atoms with Crippen molar-refractivity contribution in [2.75, 3.05) is 31.1 Å². The third-order valence-corrected chi connectivity index (χ3v) is 7.71. The third kappa shape index (κ3) is 4.27. The number of rotatable bonds is 4. The summed E-state index contributed by atoms with van der Waals surface area (Å²) in [5, 5.41) is 20.0. The minimum absolute atomic E-state index is 0.0488. The summed E-state index contributed by atoms with van der Waals surface area (Å²) >= 11 is 0. The van der Waals surface area contributed by atoms with Crippen LogP contribution in [-0.4, -0.2) is 62.3 Å². The zero-order valence-corrected chi connectivity index (χ0v) is 20.5. The van der Waals surface area contributed by atoms with Crippen LogP contribution in [0.2, 0.25) is 0 Å². The number of aliphatic hydroxyl groups is 1. The molecule has 0 spiro atoms. The molecule has 0 unspecified atom stereocenters. The van der Waals surface area contributed by atoms with Crippen LogP contribution in [0.3, 0.4) is 0 Å². The number of aromatic nitrogens is 4. The highest BCUT2D eigenvalue weighted by Gasteiger charge is 2.50. The number of pyridine rings is 2. The van der Waals surface area contributed by atoms with Gasteiger partial charge in [0.25, 0.3) is 0 Å². The van der Waals surface area contributed by atoms with Crippen LogP contribution in [0.4, 0.5) is 5.82 Å². The second kappa shape index (κ2) is 9.34. The average molecular weight is 473 g/mol. The Morgan fingerprint density at radius 3 is 2.40 bits per heavy atom. The van der Waals surface area contributed by atoms with Gasteiger partial charge in [0.1, 0.15) is 5.60 Å². The summed E-state index contributed by atoms with van der Waals surface area (Å²) in [7, 11) is 0. The quantitative estimate of drug-likeness (QED) is 0.624. The van der Waals surface area contributed by atoms with Crippen LogP contribution in [0, 0.1) is 24.7 Å². The zero-order valence-electron chi connectivity index (χ0n) is 20.5. The number of nitrogens with zero attached hydrogens (tertiary/aromatic N) is 6. The highest BCUT2D eigenvalue weighted by Crippen LogP contribution is 2.42. The summed E-state index contributed by atoms with van der Waals surface area (Å²) in [6, 6.07) is 13.5. The molecule has 0 saturated carbocycles. The lowest BCUT2D eigenvalue weighted by Gasteiger charge is -2.48. The van der Waals surface area contributed by atoms with Gasteiger partial charge in [-0.1, -0.05) is 26.0 Å². The average Bonchev–Trinajstić information content (AvgIpc) is 3.33. The Morgan fingerprint density at radius 1 is 0.971 bits per heavy atom. The third-order valence-electron chi connectivity index (χ3n) is 7.71. The van der Waals surface area contributed by atoms with Crippen molar-refractivity contribution in [1.82, 2.24) is 25.1 Å². The molecule has 5 rings (SSSR count). The van der Waals surface area contributed by atoms with Gasteiger partial charge in [0.15, 0.2) is 5.82 Å². The van der Waals surface area contributed by atoms with Crippen LogP contribution in [0.15, 0.2) is 61.1 Å². The summed E-state index contributed by atoms with van der Waals surface area (Å²) < 4.78 is 0. The molecule has 1 amide bonds. The fourth-order valence-electron chi connectivity index (χ4n) is 5.72. The Kier molecular flexibility index (Phi) is 6.23. The number of likely N-dealkylation sites (tertiary alicyclic amines) is 1. The van der Waals surface area contributed by atoms with Gasteiger partial charge in [0.05, 0.1) is 11.6 Å². The predicted octanol–water partition coefficient (Wildman–Crippen LogP) is 2.80. The van der Waals surface area contributed by atoms with Crippen LogP contribution in [-0.2, 0) is 10.4 Å². The number of hydrogen-bond donors (Lipinski definition) is 1. The van der Waals surface area contributed by atoms with Crippen LogP contribution in [0.25, 0.3) is 0 Å². The van der Waals surface area contributed by atoms with Crippen molar-refractivity contribution in [3.05, 3.63) is 78.0 Å². The number of carbonyl (C=O) groups is 1. The van der Waals surface area contributed by atoms with E-state index in [-0.39, 0.29) is 29.6 Å². The molecule has 3 aromatic heterocycles. The summed E-state index contributed by atoms with van der Waals surface area (Å²) in [5.41, 5.74) is 1.61. The van der Waals surface area contributed by atoms with Crippen LogP contribution < -0.4 is 4.90 Å². The predicted molar refractivity (Wildman–Crippen MR) is 132 cm³/mol. The lowest BCUT2D eigenvalue weighted by Crippen LogP contribution is -2.57. The Bertz CT molecular complexity index is 1150. The van der Waals surface area contributed by atoms with Crippen molar-refractivity contribution in [3.63, 3.8) is 0 Å². The summed E-state index contributed by atoms with van der Waals surface area (Å²) in [4.78, 5) is 27.2. The van der Waals surface area contributed by atoms with E-state index in [1.165, 1.54) is 0 Å². The normalized spacial score (nSPS) is 28.8. The van der Waals surface area contributed by atoms with Gasteiger partial charge >= 0.3 is 0 Å². The van der Waals surface area contributed by atoms with Crippen molar-refractivity contribution in [1.29, 1.82) is 0 Å². The highest BCUT2D eigenvalue weighted by atomic mass is 16.3. The Labute approximate surface area is 206 Å². The van der Waals surface area contributed by atoms with Gasteiger partial charge in [0, 0.05) is 68.2 Å². The fourth-order valence-corrected chi connectivity index (χ4v) is 5.72. The molecule has 5 heterocycles. The molecule has 2 saturated heterocycles. The van der Waals surface area contributed by atoms with Gasteiger partial charge < -0.3 is 14.9 Å². The van der Waals surface area contributed by atoms with Crippen LogP contribution in [0.5, 0.6) is 0 Å². The van der Waals surface area contributed by atoms with Crippen molar-refractivity contribution in [2.45, 2.75) is 32.3 Å². The van der Waals surface area contributed by atoms with Gasteiger partial charge in [-0.3, -0.25) is 14.8 Å². The Balaban J connectivity index is 1.41. The Morgan fingerprint density at radius 2 is 1.77 bits per heavy atom. The highest BCUT2D eigenvalue weighted by molar-refractivity contribution is 5.81. The number of anilines is 1. The van der Waals surface area contributed by atoms with Gasteiger partial charge in [-0.15, -0.1) is 5.10 Å². The molecule has 8 nitrogen and oxygen atoms in total. The smallest absolute Gasteiger partial charge is 0.228 e. The molecule has 2 aliphatic heterocycles. The first-order chi connectivity index (χ1) is 16.9. The number of piperidine rings is 1. The van der Waals surface area contributed by atoms with Gasteiger partial charge in [0.2, 0.25) is 5.91 Å². The van der Waals surface area contributed by atoms with E-state index in [2.05, 4.69) is 25.1 Å². The molecule has 8 heteroatoms. The first kappa shape index (κ1) is 23.4. The molecule has 35 heavy (non-hydrogen) atoms. The van der Waals surface area contributed by atoms with E-state index >= 15 is 0 Å². The molecular weight excluding hydrogens is 440 g/mol. The lowest BCUT2D eigenvalue weighted by atomic mass is 9.72. The molecular formula is C27H32N6O2. The summed E-state index contributed by atoms with van der Waals surface area (Å²) in [5.74, 6) is 0.257. The molecule has 0 radical (unpaired) electrons. The molecule has 3 aromatic rings. The topological polar surface area (TPSA) is 95.3 Å². The molecule has 0 aromatic carbocycles. The van der Waals surface area contributed by atoms with E-state index in [0.717, 1.165) is 17.1 Å². The molecule has 2 fully saturated rings. The van der Waals surface area contributed by atoms with E-state index in [1.54, 1.807) is 12.4 Å². The van der Waals surface area contributed by atoms with Crippen molar-refractivity contribution in [3.8, 4) is 0 Å². The van der Waals surface area contributed by atoms with E-state index in [0.29, 0.717) is 31.9 Å². The summed E-state index contributed by atoms with van der Waals surface area (Å²) in [6.07, 6.45) is 5.23. The van der Waals surface area contributed by atoms with Gasteiger partial charge in [-0.25, -0.2) is 0 Å². The van der Waals surface area contributed by atoms with E-state index in [1.807, 2.05) is 74.3 Å². The SMILES string of the molecule is Cc1ccc([C@@H]2CN(c3cccnn3)C[C@H]2C(=O)N2C[C@@H](C)[C@](O)(c3ccccn3)[C@@H](C)C2)nc1. The number of hydrogen-bond acceptors (Lipinski definition) is 7. The maximum absolute atomic E-state index is 14.0. The second-order valence-corrected chi connectivity index (χ2v) is 10.0. The number of amides is 1. The van der Waals surface area contributed by atoms with Crippen LogP contribution in [0.1, 0.15) is 36.7 Å². The van der Waals surface area contributed by atoms with E-state index < -0.39 is 5.60 Å². The largest absolute Gasteiger partial charge is 0.383 e. The first-order valence-corrected chi connectivity index (χ1v) is 12.3. The van der Waals surface area contributed by atoms with Gasteiger partial charge in [-0.2, -0.15) is 5.10 Å². The van der Waals surface area contributed by atoms with Crippen molar-refractivity contribution in [2.24, 2.45) is 17.8 Å². The first-order valence-electron chi connectivity index (χ1n) is 12.3. The molecule has 5 atom stereocenters. The van der Waals surface area contributed by atoms with Crippen LogP contribution >= 0.6 is 0 Å². The monoisotopic (exact) mass is 472 g/mol. The Hall–Kier alpha value is -3.39. The minimum atomic E-state index is -1.07. The number of aryl methyl sites for hydroxylation is 1. The van der Waals surface area contributed by atoms with Gasteiger partial charge in [-0.05, 0) is 42.8 Å². The lowest BCUT2D eigenvalue weighted by molar-refractivity contribution is -0.153. The maximum atomic E-state index is 14.0. The fraction of sp³-hybridized carbons (Fsp3) is 0.444. The molecule has 182 valence electrons. The molecule has 0 aliphatic carbocycles. The standard InChI is InChI=1S/C27H32N6O2/c1-18-9-10-23(29-13-18)21-16-32(25-8-6-12-30-31-25)17-22(21)26(34)33-14-19(2)27(35,20(3)15-33)24-7-4-5-11-28-24/h4-13,19-22,35H,14-17H2,1-3H3/t19-,20+,21-,22-,27-/m1/s1. The zero-order chi connectivity index (χ0) is 24.6. The number of carbonyl (C=O) groups excluding carboxylic acids is 1.